The monoisotopic (exact) mass is 235 g/mol. The molecule has 0 bridgehead atoms. The second-order valence-electron chi connectivity index (χ2n) is 3.61. The van der Waals surface area contributed by atoms with E-state index in [1.54, 1.807) is 0 Å². The van der Waals surface area contributed by atoms with Crippen molar-refractivity contribution >= 4 is 13.8 Å². The number of primary amides is 1. The molecular formula is C12H14NO2P. The van der Waals surface area contributed by atoms with E-state index in [4.69, 9.17) is 5.73 Å². The molecule has 0 spiro atoms. The van der Waals surface area contributed by atoms with E-state index < -0.39 is 0 Å². The topological polar surface area (TPSA) is 60.2 Å². The Bertz CT molecular complexity index is 461. The first-order valence-corrected chi connectivity index (χ1v) is 5.95. The summed E-state index contributed by atoms with van der Waals surface area (Å²) in [6, 6.07) is 7.46. The van der Waals surface area contributed by atoms with E-state index in [-0.39, 0.29) is 19.7 Å². The van der Waals surface area contributed by atoms with Gasteiger partial charge in [-0.15, -0.1) is 0 Å². The van der Waals surface area contributed by atoms with Crippen LogP contribution in [0, 0.1) is 11.5 Å². The third kappa shape index (κ3) is 3.69. The number of nitrogens with two attached hydrogens (primary N) is 1. The van der Waals surface area contributed by atoms with Gasteiger partial charge in [-0.3, -0.25) is 0 Å². The summed E-state index contributed by atoms with van der Waals surface area (Å²) in [6.45, 7) is 1.95. The molecule has 1 rings (SSSR count). The number of benzene rings is 1. The van der Waals surface area contributed by atoms with Gasteiger partial charge in [-0.25, -0.2) is 0 Å². The molecule has 3 nitrogen and oxygen atoms in total. The molecule has 0 saturated carbocycles. The second-order valence-corrected chi connectivity index (χ2v) is 4.02. The van der Waals surface area contributed by atoms with E-state index in [2.05, 4.69) is 5.63 Å². The molecule has 0 aromatic heterocycles. The number of rotatable bonds is 4. The quantitative estimate of drug-likeness (QED) is 0.814. The molecule has 1 amide bonds. The zero-order valence-corrected chi connectivity index (χ0v) is 10.0. The number of carbonyl (C=O) groups excluding carboxylic acids is 1. The van der Waals surface area contributed by atoms with Gasteiger partial charge >= 0.3 is 95.6 Å². The summed E-state index contributed by atoms with van der Waals surface area (Å²) in [6.07, 6.45) is 1.40. The van der Waals surface area contributed by atoms with Crippen LogP contribution in [-0.2, 0) is 15.8 Å². The van der Waals surface area contributed by atoms with E-state index in [1.807, 2.05) is 31.2 Å². The summed E-state index contributed by atoms with van der Waals surface area (Å²) in [4.78, 5) is 11.1. The fraction of sp³-hybridized carbons (Fsp3) is 0.333. The van der Waals surface area contributed by atoms with Crippen LogP contribution >= 0.6 is 7.92 Å². The molecule has 0 heterocycles. The Balaban J connectivity index is 2.77. The first-order valence-electron chi connectivity index (χ1n) is 5.14. The summed E-state index contributed by atoms with van der Waals surface area (Å²) in [5, 5.41) is 0. The average Bonchev–Trinajstić information content (AvgIpc) is 2.28. The van der Waals surface area contributed by atoms with Gasteiger partial charge in [0.05, 0.1) is 0 Å². The number of hydrogen-bond donors (Lipinski definition) is 1. The molecule has 1 unspecified atom stereocenters. The summed E-state index contributed by atoms with van der Waals surface area (Å²) in [5.41, 5.74) is 9.77. The van der Waals surface area contributed by atoms with E-state index >= 15 is 0 Å². The zero-order chi connectivity index (χ0) is 12.0. The van der Waals surface area contributed by atoms with Crippen molar-refractivity contribution in [2.45, 2.75) is 19.8 Å². The molecule has 4 heteroatoms. The van der Waals surface area contributed by atoms with Crippen LogP contribution in [0.2, 0.25) is 0 Å². The van der Waals surface area contributed by atoms with Crippen molar-refractivity contribution in [3.63, 3.8) is 0 Å². The predicted octanol–water partition coefficient (Wildman–Crippen LogP) is 2.34. The summed E-state index contributed by atoms with van der Waals surface area (Å²) < 4.78 is 10.3. The SMILES string of the molecule is CCC(Cc1ccc(C#P=O)cc1)C(N)=O. The van der Waals surface area contributed by atoms with E-state index in [0.717, 1.165) is 17.5 Å². The van der Waals surface area contributed by atoms with Gasteiger partial charge in [-0.2, -0.15) is 0 Å². The van der Waals surface area contributed by atoms with Gasteiger partial charge < -0.3 is 0 Å². The molecule has 0 aliphatic rings. The summed E-state index contributed by atoms with van der Waals surface area (Å²) in [5.74, 6) is -0.376. The molecule has 0 aliphatic carbocycles. The Morgan fingerprint density at radius 1 is 1.44 bits per heavy atom. The normalized spacial score (nSPS) is 11.6. The van der Waals surface area contributed by atoms with Gasteiger partial charge in [0.1, 0.15) is 0 Å². The molecule has 0 aliphatic heterocycles. The van der Waals surface area contributed by atoms with Crippen LogP contribution in [0.3, 0.4) is 0 Å². The molecule has 0 radical (unpaired) electrons. The maximum atomic E-state index is 11.1. The van der Waals surface area contributed by atoms with Gasteiger partial charge in [0.25, 0.3) is 0 Å². The fourth-order valence-electron chi connectivity index (χ4n) is 1.50. The van der Waals surface area contributed by atoms with Gasteiger partial charge in [-0.05, 0) is 0 Å². The first-order chi connectivity index (χ1) is 7.67. The third-order valence-electron chi connectivity index (χ3n) is 2.51. The molecule has 2 N–H and O–H groups in total. The van der Waals surface area contributed by atoms with Crippen molar-refractivity contribution in [2.24, 2.45) is 11.7 Å². The second kappa shape index (κ2) is 6.32. The maximum absolute atomic E-state index is 11.1. The molecule has 0 saturated heterocycles. The Hall–Kier alpha value is -1.30. The Morgan fingerprint density at radius 3 is 2.50 bits per heavy atom. The van der Waals surface area contributed by atoms with Crippen LogP contribution in [-0.4, -0.2) is 5.91 Å². The zero-order valence-electron chi connectivity index (χ0n) is 9.14. The van der Waals surface area contributed by atoms with E-state index in [0.29, 0.717) is 6.42 Å². The van der Waals surface area contributed by atoms with Crippen LogP contribution in [0.15, 0.2) is 24.3 Å². The molecule has 1 aromatic rings. The predicted molar refractivity (Wildman–Crippen MR) is 63.7 cm³/mol. The fourth-order valence-corrected chi connectivity index (χ4v) is 1.75. The van der Waals surface area contributed by atoms with Crippen LogP contribution in [0.25, 0.3) is 0 Å². The molecule has 16 heavy (non-hydrogen) atoms. The van der Waals surface area contributed by atoms with Crippen LogP contribution in [0.5, 0.6) is 0 Å². The Labute approximate surface area is 96.2 Å². The van der Waals surface area contributed by atoms with E-state index in [9.17, 15) is 9.36 Å². The third-order valence-corrected chi connectivity index (χ3v) is 2.86. The van der Waals surface area contributed by atoms with E-state index in [1.165, 1.54) is 0 Å². The van der Waals surface area contributed by atoms with Crippen molar-refractivity contribution < 1.29 is 9.36 Å². The van der Waals surface area contributed by atoms with Gasteiger partial charge in [0.2, 0.25) is 0 Å². The first kappa shape index (κ1) is 12.8. The standard InChI is InChI=1S/C12H14NO2P/c1-2-11(12(13)14)7-9-3-5-10(6-4-9)8-16-15/h3-6,11H,2,7H2,1H3,(H2,13,14). The average molecular weight is 235 g/mol. The minimum absolute atomic E-state index is 0.114. The van der Waals surface area contributed by atoms with Crippen molar-refractivity contribution in [1.29, 1.82) is 0 Å². The Morgan fingerprint density at radius 2 is 2.06 bits per heavy atom. The molecule has 84 valence electrons. The summed E-state index contributed by atoms with van der Waals surface area (Å²) in [7, 11) is -0.120. The van der Waals surface area contributed by atoms with Crippen LogP contribution in [0.4, 0.5) is 0 Å². The molecule has 0 fully saturated rings. The van der Waals surface area contributed by atoms with Gasteiger partial charge in [0, 0.05) is 0 Å². The van der Waals surface area contributed by atoms with Gasteiger partial charge in [-0.1, -0.05) is 0 Å². The van der Waals surface area contributed by atoms with Crippen molar-refractivity contribution in [3.8, 4) is 5.63 Å². The summed E-state index contributed by atoms with van der Waals surface area (Å²) >= 11 is 0. The van der Waals surface area contributed by atoms with Crippen molar-refractivity contribution in [1.82, 2.24) is 0 Å². The van der Waals surface area contributed by atoms with Crippen molar-refractivity contribution in [2.75, 3.05) is 0 Å². The van der Waals surface area contributed by atoms with Crippen molar-refractivity contribution in [3.05, 3.63) is 35.4 Å². The number of hydrogen-bond acceptors (Lipinski definition) is 2. The minimum atomic E-state index is -0.261. The van der Waals surface area contributed by atoms with Crippen LogP contribution < -0.4 is 5.73 Å². The van der Waals surface area contributed by atoms with Gasteiger partial charge in [0.15, 0.2) is 0 Å². The molecular weight excluding hydrogens is 221 g/mol. The number of amides is 1. The van der Waals surface area contributed by atoms with Crippen LogP contribution in [0.1, 0.15) is 24.5 Å². The molecule has 1 atom stereocenters. The molecule has 1 aromatic carbocycles. The number of carbonyl (C=O) groups is 1. The Kier molecular flexibility index (Phi) is 5.04.